The molecule has 3 heteroatoms. The van der Waals surface area contributed by atoms with E-state index in [0.717, 1.165) is 22.4 Å². The van der Waals surface area contributed by atoms with E-state index in [-0.39, 0.29) is 0 Å². The molecule has 92 valence electrons. The third kappa shape index (κ3) is 2.51. The van der Waals surface area contributed by atoms with Gasteiger partial charge in [-0.2, -0.15) is 0 Å². The maximum Gasteiger partial charge on any atom is 0.126 e. The molecule has 2 nitrogen and oxygen atoms in total. The van der Waals surface area contributed by atoms with E-state index in [0.29, 0.717) is 4.99 Å². The van der Waals surface area contributed by atoms with E-state index in [2.05, 4.69) is 13.0 Å². The summed E-state index contributed by atoms with van der Waals surface area (Å²) < 4.78 is 5.39. The van der Waals surface area contributed by atoms with Crippen molar-refractivity contribution in [3.8, 4) is 16.9 Å². The minimum atomic E-state index is 0.406. The van der Waals surface area contributed by atoms with Gasteiger partial charge in [0.05, 0.1) is 7.11 Å². The van der Waals surface area contributed by atoms with E-state index >= 15 is 0 Å². The summed E-state index contributed by atoms with van der Waals surface area (Å²) in [6.07, 6.45) is 0. The zero-order chi connectivity index (χ0) is 13.1. The number of hydrogen-bond donors (Lipinski definition) is 1. The lowest BCUT2D eigenvalue weighted by molar-refractivity contribution is 0.416. The minimum Gasteiger partial charge on any atom is -0.496 e. The third-order valence-corrected chi connectivity index (χ3v) is 3.05. The molecule has 0 unspecified atom stereocenters. The molecular weight excluding hydrogens is 242 g/mol. The van der Waals surface area contributed by atoms with Gasteiger partial charge < -0.3 is 10.5 Å². The van der Waals surface area contributed by atoms with Gasteiger partial charge in [0, 0.05) is 11.1 Å². The minimum absolute atomic E-state index is 0.406. The second-order valence-corrected chi connectivity index (χ2v) is 4.59. The van der Waals surface area contributed by atoms with Gasteiger partial charge in [-0.05, 0) is 30.7 Å². The van der Waals surface area contributed by atoms with Gasteiger partial charge in [-0.1, -0.05) is 42.0 Å². The molecule has 0 aromatic heterocycles. The Kier molecular flexibility index (Phi) is 3.63. The van der Waals surface area contributed by atoms with Crippen molar-refractivity contribution < 1.29 is 4.74 Å². The molecule has 18 heavy (non-hydrogen) atoms. The molecular formula is C15H15NOS. The monoisotopic (exact) mass is 257 g/mol. The van der Waals surface area contributed by atoms with Crippen LogP contribution in [0.3, 0.4) is 0 Å². The Morgan fingerprint density at radius 2 is 1.94 bits per heavy atom. The van der Waals surface area contributed by atoms with E-state index in [4.69, 9.17) is 22.7 Å². The zero-order valence-electron chi connectivity index (χ0n) is 10.4. The van der Waals surface area contributed by atoms with E-state index in [1.54, 1.807) is 7.11 Å². The fourth-order valence-corrected chi connectivity index (χ4v) is 2.01. The Bertz CT molecular complexity index is 593. The first-order chi connectivity index (χ1) is 8.61. The summed E-state index contributed by atoms with van der Waals surface area (Å²) in [7, 11) is 1.67. The Balaban J connectivity index is 2.57. The molecule has 2 aromatic carbocycles. The molecule has 0 saturated carbocycles. The Hall–Kier alpha value is -1.87. The number of benzene rings is 2. The van der Waals surface area contributed by atoms with Crippen molar-refractivity contribution in [2.45, 2.75) is 6.92 Å². The van der Waals surface area contributed by atoms with Crippen molar-refractivity contribution in [3.05, 3.63) is 53.6 Å². The lowest BCUT2D eigenvalue weighted by Gasteiger charge is -2.10. The molecule has 0 aliphatic heterocycles. The van der Waals surface area contributed by atoms with Crippen molar-refractivity contribution in [1.82, 2.24) is 0 Å². The van der Waals surface area contributed by atoms with E-state index in [1.807, 2.05) is 36.4 Å². The topological polar surface area (TPSA) is 35.2 Å². The number of hydrogen-bond acceptors (Lipinski definition) is 2. The van der Waals surface area contributed by atoms with Gasteiger partial charge in [0.15, 0.2) is 0 Å². The molecule has 0 bridgehead atoms. The van der Waals surface area contributed by atoms with Crippen LogP contribution < -0.4 is 10.5 Å². The molecule has 0 radical (unpaired) electrons. The van der Waals surface area contributed by atoms with Crippen LogP contribution in [0.5, 0.6) is 5.75 Å². The molecule has 2 N–H and O–H groups in total. The van der Waals surface area contributed by atoms with Crippen LogP contribution in [0, 0.1) is 6.92 Å². The van der Waals surface area contributed by atoms with Gasteiger partial charge in [-0.3, -0.25) is 0 Å². The van der Waals surface area contributed by atoms with Crippen LogP contribution in [0.25, 0.3) is 11.1 Å². The maximum absolute atomic E-state index is 5.66. The zero-order valence-corrected chi connectivity index (χ0v) is 11.3. The largest absolute Gasteiger partial charge is 0.496 e. The Morgan fingerprint density at radius 1 is 1.17 bits per heavy atom. The van der Waals surface area contributed by atoms with Crippen LogP contribution in [-0.2, 0) is 0 Å². The Morgan fingerprint density at radius 3 is 2.61 bits per heavy atom. The van der Waals surface area contributed by atoms with Gasteiger partial charge in [-0.25, -0.2) is 0 Å². The summed E-state index contributed by atoms with van der Waals surface area (Å²) >= 11 is 5.01. The summed E-state index contributed by atoms with van der Waals surface area (Å²) in [5.41, 5.74) is 9.82. The van der Waals surface area contributed by atoms with Crippen LogP contribution in [0.15, 0.2) is 42.5 Å². The molecule has 0 aliphatic carbocycles. The smallest absolute Gasteiger partial charge is 0.126 e. The molecule has 0 aliphatic rings. The van der Waals surface area contributed by atoms with Gasteiger partial charge in [0.2, 0.25) is 0 Å². The molecule has 0 saturated heterocycles. The predicted molar refractivity (Wildman–Crippen MR) is 79.1 cm³/mol. The SMILES string of the molecule is COc1ccc(C)cc1-c1cccc(C(N)=S)c1. The molecule has 2 rings (SSSR count). The quantitative estimate of drug-likeness (QED) is 0.857. The normalized spacial score (nSPS) is 10.1. The maximum atomic E-state index is 5.66. The summed E-state index contributed by atoms with van der Waals surface area (Å²) in [5, 5.41) is 0. The van der Waals surface area contributed by atoms with Crippen LogP contribution in [0.4, 0.5) is 0 Å². The highest BCUT2D eigenvalue weighted by atomic mass is 32.1. The molecule has 0 heterocycles. The first-order valence-electron chi connectivity index (χ1n) is 5.66. The summed E-state index contributed by atoms with van der Waals surface area (Å²) in [5.74, 6) is 0.848. The average Bonchev–Trinajstić information content (AvgIpc) is 2.39. The summed E-state index contributed by atoms with van der Waals surface area (Å²) in [6, 6.07) is 14.0. The summed E-state index contributed by atoms with van der Waals surface area (Å²) in [4.78, 5) is 0.406. The van der Waals surface area contributed by atoms with Crippen molar-refractivity contribution in [2.75, 3.05) is 7.11 Å². The third-order valence-electron chi connectivity index (χ3n) is 2.81. The number of ether oxygens (including phenoxy) is 1. The first-order valence-corrected chi connectivity index (χ1v) is 6.07. The predicted octanol–water partition coefficient (Wildman–Crippen LogP) is 3.30. The van der Waals surface area contributed by atoms with Crippen LogP contribution in [0.2, 0.25) is 0 Å². The number of methoxy groups -OCH3 is 1. The number of thiocarbonyl (C=S) groups is 1. The van der Waals surface area contributed by atoms with Crippen LogP contribution >= 0.6 is 12.2 Å². The second kappa shape index (κ2) is 5.19. The van der Waals surface area contributed by atoms with Crippen LogP contribution in [0.1, 0.15) is 11.1 Å². The van der Waals surface area contributed by atoms with E-state index in [1.165, 1.54) is 5.56 Å². The average molecular weight is 257 g/mol. The standard InChI is InChI=1S/C15H15NOS/c1-10-6-7-14(17-2)13(8-10)11-4-3-5-12(9-11)15(16)18/h3-9H,1-2H3,(H2,16,18). The summed E-state index contributed by atoms with van der Waals surface area (Å²) in [6.45, 7) is 2.06. The number of aryl methyl sites for hydroxylation is 1. The Labute approximate surface area is 112 Å². The number of rotatable bonds is 3. The highest BCUT2D eigenvalue weighted by Gasteiger charge is 2.07. The highest BCUT2D eigenvalue weighted by Crippen LogP contribution is 2.31. The molecule has 0 fully saturated rings. The first kappa shape index (κ1) is 12.6. The highest BCUT2D eigenvalue weighted by molar-refractivity contribution is 7.80. The van der Waals surface area contributed by atoms with Crippen molar-refractivity contribution in [1.29, 1.82) is 0 Å². The molecule has 2 aromatic rings. The van der Waals surface area contributed by atoms with Gasteiger partial charge in [0.1, 0.15) is 10.7 Å². The van der Waals surface area contributed by atoms with Gasteiger partial charge >= 0.3 is 0 Å². The van der Waals surface area contributed by atoms with E-state index in [9.17, 15) is 0 Å². The number of nitrogens with two attached hydrogens (primary N) is 1. The van der Waals surface area contributed by atoms with Crippen molar-refractivity contribution >= 4 is 17.2 Å². The second-order valence-electron chi connectivity index (χ2n) is 4.15. The van der Waals surface area contributed by atoms with Crippen molar-refractivity contribution in [3.63, 3.8) is 0 Å². The lowest BCUT2D eigenvalue weighted by atomic mass is 10.0. The molecule has 0 amide bonds. The van der Waals surface area contributed by atoms with Crippen molar-refractivity contribution in [2.24, 2.45) is 5.73 Å². The van der Waals surface area contributed by atoms with Gasteiger partial charge in [-0.15, -0.1) is 0 Å². The fraction of sp³-hybridized carbons (Fsp3) is 0.133. The lowest BCUT2D eigenvalue weighted by Crippen LogP contribution is -2.09. The molecule has 0 spiro atoms. The molecule has 0 atom stereocenters. The van der Waals surface area contributed by atoms with E-state index < -0.39 is 0 Å². The van der Waals surface area contributed by atoms with Crippen LogP contribution in [-0.4, -0.2) is 12.1 Å². The van der Waals surface area contributed by atoms with Gasteiger partial charge in [0.25, 0.3) is 0 Å². The fourth-order valence-electron chi connectivity index (χ4n) is 1.89.